The lowest BCUT2D eigenvalue weighted by Crippen LogP contribution is -2.34. The molecule has 3 N–H and O–H groups in total. The first-order chi connectivity index (χ1) is 8.53. The van der Waals surface area contributed by atoms with Crippen LogP contribution in [0.2, 0.25) is 0 Å². The smallest absolute Gasteiger partial charge is 0.220 e. The van der Waals surface area contributed by atoms with Crippen molar-refractivity contribution in [1.29, 1.82) is 0 Å². The average molecular weight is 256 g/mol. The van der Waals surface area contributed by atoms with Crippen molar-refractivity contribution in [2.24, 2.45) is 11.3 Å². The van der Waals surface area contributed by atoms with Crippen molar-refractivity contribution in [2.45, 2.75) is 46.0 Å². The van der Waals surface area contributed by atoms with Crippen LogP contribution in [0, 0.1) is 11.3 Å². The van der Waals surface area contributed by atoms with Crippen molar-refractivity contribution in [3.05, 3.63) is 0 Å². The highest BCUT2D eigenvalue weighted by Gasteiger charge is 2.19. The highest BCUT2D eigenvalue weighted by Crippen LogP contribution is 2.21. The summed E-state index contributed by atoms with van der Waals surface area (Å²) in [6.45, 7) is 7.35. The SMILES string of the molecule is CC(C)(CCCO)CNC(=O)CCC1CCNC1. The number of carbonyl (C=O) groups is 1. The quantitative estimate of drug-likeness (QED) is 0.613. The molecule has 1 aliphatic heterocycles. The normalized spacial score (nSPS) is 20.1. The van der Waals surface area contributed by atoms with Crippen LogP contribution in [0.1, 0.15) is 46.0 Å². The zero-order chi connectivity index (χ0) is 13.4. The molecule has 1 rings (SSSR count). The van der Waals surface area contributed by atoms with Gasteiger partial charge in [0.15, 0.2) is 0 Å². The molecule has 106 valence electrons. The Morgan fingerprint density at radius 3 is 2.89 bits per heavy atom. The van der Waals surface area contributed by atoms with E-state index < -0.39 is 0 Å². The predicted octanol–water partition coefficient (Wildman–Crippen LogP) is 1.29. The zero-order valence-electron chi connectivity index (χ0n) is 11.8. The van der Waals surface area contributed by atoms with E-state index in [9.17, 15) is 4.79 Å². The first kappa shape index (κ1) is 15.4. The van der Waals surface area contributed by atoms with Crippen LogP contribution in [-0.2, 0) is 4.79 Å². The first-order valence-electron chi connectivity index (χ1n) is 7.12. The maximum absolute atomic E-state index is 11.7. The third-order valence-corrected chi connectivity index (χ3v) is 3.72. The summed E-state index contributed by atoms with van der Waals surface area (Å²) in [6.07, 6.45) is 4.58. The van der Waals surface area contributed by atoms with E-state index in [4.69, 9.17) is 5.11 Å². The Kier molecular flexibility index (Phi) is 6.65. The van der Waals surface area contributed by atoms with Gasteiger partial charge in [0.05, 0.1) is 0 Å². The second kappa shape index (κ2) is 7.74. The Morgan fingerprint density at radius 2 is 2.28 bits per heavy atom. The van der Waals surface area contributed by atoms with Crippen LogP contribution >= 0.6 is 0 Å². The van der Waals surface area contributed by atoms with E-state index in [0.29, 0.717) is 18.9 Å². The highest BCUT2D eigenvalue weighted by molar-refractivity contribution is 5.75. The summed E-state index contributed by atoms with van der Waals surface area (Å²) in [7, 11) is 0. The molecule has 1 atom stereocenters. The van der Waals surface area contributed by atoms with Crippen molar-refractivity contribution in [2.75, 3.05) is 26.2 Å². The van der Waals surface area contributed by atoms with Crippen LogP contribution in [0.3, 0.4) is 0 Å². The van der Waals surface area contributed by atoms with Crippen molar-refractivity contribution < 1.29 is 9.90 Å². The molecule has 1 amide bonds. The Morgan fingerprint density at radius 1 is 1.50 bits per heavy atom. The molecule has 1 fully saturated rings. The predicted molar refractivity (Wildman–Crippen MR) is 73.3 cm³/mol. The molecule has 1 aliphatic rings. The number of aliphatic hydroxyl groups excluding tert-OH is 1. The van der Waals surface area contributed by atoms with Gasteiger partial charge >= 0.3 is 0 Å². The molecule has 0 spiro atoms. The van der Waals surface area contributed by atoms with E-state index in [1.165, 1.54) is 6.42 Å². The molecule has 1 unspecified atom stereocenters. The fraction of sp³-hybridized carbons (Fsp3) is 0.929. The van der Waals surface area contributed by atoms with Gasteiger partial charge in [-0.25, -0.2) is 0 Å². The van der Waals surface area contributed by atoms with Crippen molar-refractivity contribution in [3.63, 3.8) is 0 Å². The third-order valence-electron chi connectivity index (χ3n) is 3.72. The molecule has 0 saturated carbocycles. The minimum Gasteiger partial charge on any atom is -0.396 e. The molecular formula is C14H28N2O2. The summed E-state index contributed by atoms with van der Waals surface area (Å²) in [5, 5.41) is 15.2. The second-order valence-electron chi connectivity index (χ2n) is 6.17. The maximum atomic E-state index is 11.7. The molecule has 0 aliphatic carbocycles. The van der Waals surface area contributed by atoms with Crippen LogP contribution in [0.15, 0.2) is 0 Å². The van der Waals surface area contributed by atoms with E-state index >= 15 is 0 Å². The lowest BCUT2D eigenvalue weighted by atomic mass is 9.88. The van der Waals surface area contributed by atoms with Crippen molar-refractivity contribution >= 4 is 5.91 Å². The molecule has 4 nitrogen and oxygen atoms in total. The van der Waals surface area contributed by atoms with E-state index in [2.05, 4.69) is 24.5 Å². The fourth-order valence-corrected chi connectivity index (χ4v) is 2.37. The summed E-state index contributed by atoms with van der Waals surface area (Å²) in [6, 6.07) is 0. The summed E-state index contributed by atoms with van der Waals surface area (Å²) >= 11 is 0. The Labute approximate surface area is 111 Å². The number of nitrogens with one attached hydrogen (secondary N) is 2. The Hall–Kier alpha value is -0.610. The molecule has 0 bridgehead atoms. The first-order valence-corrected chi connectivity index (χ1v) is 7.12. The van der Waals surface area contributed by atoms with E-state index in [-0.39, 0.29) is 17.9 Å². The zero-order valence-corrected chi connectivity index (χ0v) is 11.8. The van der Waals surface area contributed by atoms with Gasteiger partial charge in [-0.15, -0.1) is 0 Å². The highest BCUT2D eigenvalue weighted by atomic mass is 16.2. The van der Waals surface area contributed by atoms with Gasteiger partial charge in [-0.3, -0.25) is 4.79 Å². The lowest BCUT2D eigenvalue weighted by molar-refractivity contribution is -0.121. The topological polar surface area (TPSA) is 61.4 Å². The summed E-state index contributed by atoms with van der Waals surface area (Å²) in [5.74, 6) is 0.845. The summed E-state index contributed by atoms with van der Waals surface area (Å²) in [4.78, 5) is 11.7. The third kappa shape index (κ3) is 6.36. The van der Waals surface area contributed by atoms with E-state index in [0.717, 1.165) is 32.4 Å². The molecule has 0 aromatic heterocycles. The number of hydrogen-bond acceptors (Lipinski definition) is 3. The van der Waals surface area contributed by atoms with Gasteiger partial charge in [0.25, 0.3) is 0 Å². The number of rotatable bonds is 8. The van der Waals surface area contributed by atoms with Gasteiger partial charge in [-0.1, -0.05) is 13.8 Å². The Bertz CT molecular complexity index is 248. The van der Waals surface area contributed by atoms with Crippen molar-refractivity contribution in [1.82, 2.24) is 10.6 Å². The number of hydrogen-bond donors (Lipinski definition) is 3. The van der Waals surface area contributed by atoms with Crippen molar-refractivity contribution in [3.8, 4) is 0 Å². The van der Waals surface area contributed by atoms with E-state index in [1.54, 1.807) is 0 Å². The van der Waals surface area contributed by atoms with Crippen LogP contribution in [0.5, 0.6) is 0 Å². The number of carbonyl (C=O) groups excluding carboxylic acids is 1. The molecule has 0 radical (unpaired) electrons. The van der Waals surface area contributed by atoms with Gasteiger partial charge in [0, 0.05) is 19.6 Å². The van der Waals surface area contributed by atoms with E-state index in [1.807, 2.05) is 0 Å². The minimum atomic E-state index is 0.0767. The van der Waals surface area contributed by atoms with Gasteiger partial charge in [0.1, 0.15) is 0 Å². The Balaban J connectivity index is 2.11. The molecule has 4 heteroatoms. The second-order valence-corrected chi connectivity index (χ2v) is 6.17. The van der Waals surface area contributed by atoms with Gasteiger partial charge in [0.2, 0.25) is 5.91 Å². The monoisotopic (exact) mass is 256 g/mol. The van der Waals surface area contributed by atoms with Gasteiger partial charge < -0.3 is 15.7 Å². The molecular weight excluding hydrogens is 228 g/mol. The van der Waals surface area contributed by atoms with Crippen LogP contribution in [0.25, 0.3) is 0 Å². The van der Waals surface area contributed by atoms with Crippen LogP contribution < -0.4 is 10.6 Å². The molecule has 0 aromatic rings. The number of aliphatic hydroxyl groups is 1. The largest absolute Gasteiger partial charge is 0.396 e. The average Bonchev–Trinajstić information content (AvgIpc) is 2.84. The van der Waals surface area contributed by atoms with Gasteiger partial charge in [-0.2, -0.15) is 0 Å². The minimum absolute atomic E-state index is 0.0767. The van der Waals surface area contributed by atoms with Crippen LogP contribution in [-0.4, -0.2) is 37.3 Å². The number of amides is 1. The molecule has 18 heavy (non-hydrogen) atoms. The van der Waals surface area contributed by atoms with Crippen LogP contribution in [0.4, 0.5) is 0 Å². The van der Waals surface area contributed by atoms with Gasteiger partial charge in [-0.05, 0) is 50.1 Å². The molecule has 1 heterocycles. The standard InChI is InChI=1S/C14H28N2O2/c1-14(2,7-3-9-17)11-16-13(18)5-4-12-6-8-15-10-12/h12,15,17H,3-11H2,1-2H3,(H,16,18). The summed E-state index contributed by atoms with van der Waals surface area (Å²) < 4.78 is 0. The lowest BCUT2D eigenvalue weighted by Gasteiger charge is -2.24. The molecule has 0 aromatic carbocycles. The fourth-order valence-electron chi connectivity index (χ4n) is 2.37. The maximum Gasteiger partial charge on any atom is 0.220 e. The molecule has 1 saturated heterocycles. The summed E-state index contributed by atoms with van der Waals surface area (Å²) in [5.41, 5.74) is 0.0767.